The Morgan fingerprint density at radius 2 is 1.41 bits per heavy atom. The molecular weight excluding hydrogens is 680 g/mol. The van der Waals surface area contributed by atoms with Gasteiger partial charge in [0.25, 0.3) is 5.91 Å². The molecule has 2 bridgehead atoms. The first-order valence-corrected chi connectivity index (χ1v) is 20.1. The summed E-state index contributed by atoms with van der Waals surface area (Å²) in [5.41, 5.74) is 4.34. The number of likely N-dealkylation sites (tertiary alicyclic amines) is 1. The Hall–Kier alpha value is -2.95. The van der Waals surface area contributed by atoms with E-state index in [0.29, 0.717) is 30.0 Å². The number of urea groups is 1. The second kappa shape index (κ2) is 20.3. The molecule has 294 valence electrons. The normalized spacial score (nSPS) is 20.7. The maximum absolute atomic E-state index is 12.8. The van der Waals surface area contributed by atoms with E-state index in [-0.39, 0.29) is 13.1 Å². The predicted octanol–water partition coefficient (Wildman–Crippen LogP) is 4.61. The summed E-state index contributed by atoms with van der Waals surface area (Å²) in [7, 11) is -5.18. The van der Waals surface area contributed by atoms with Crippen molar-refractivity contribution < 1.29 is 45.7 Å². The summed E-state index contributed by atoms with van der Waals surface area (Å²) in [5, 5.41) is 0.408. The highest BCUT2D eigenvalue weighted by Gasteiger charge is 2.48. The molecule has 15 nitrogen and oxygen atoms in total. The average molecular weight is 745 g/mol. The minimum atomic E-state index is -5.18. The van der Waals surface area contributed by atoms with Gasteiger partial charge >= 0.3 is 12.1 Å². The van der Waals surface area contributed by atoms with Gasteiger partial charge in [-0.1, -0.05) is 59.5 Å². The zero-order valence-corrected chi connectivity index (χ0v) is 33.0. The Labute approximate surface area is 305 Å². The first-order valence-electron chi connectivity index (χ1n) is 18.8. The topological polar surface area (TPSA) is 178 Å². The molecule has 0 radical (unpaired) electrons. The van der Waals surface area contributed by atoms with E-state index in [2.05, 4.69) is 42.8 Å². The molecule has 3 heterocycles. The molecule has 0 aromatic heterocycles. The standard InChI is InChI=1S/C19H29N5O9S.C16H36N/c1-11-8-13-10-23(17(27)24(13)33-34(29,30)31)14(11)16(26)21-20-15(25)12-6-5-7-22(9-12)18(28)32-19(2,3)4;1-5-9-13-17(14-10-6-2,15-11-7-3)16-12-8-4/h8,12-14H,5-7,9-10H2,1-4H3,(H,20,25)(H,21,26)(H,29,30,31);5-16H2,1-4H3/q;+1/p-1/t12-,13-,14+;/m1./s1. The molecule has 0 saturated carbocycles. The number of fused-ring (bicyclic) bond motifs is 2. The number of carbonyl (C=O) groups excluding carboxylic acids is 4. The molecule has 2 fully saturated rings. The Bertz CT molecular complexity index is 1270. The molecule has 2 saturated heterocycles. The van der Waals surface area contributed by atoms with Gasteiger partial charge < -0.3 is 23.6 Å². The van der Waals surface area contributed by atoms with E-state index < -0.39 is 57.9 Å². The summed E-state index contributed by atoms with van der Waals surface area (Å²) >= 11 is 0. The number of unbranched alkanes of at least 4 members (excludes halogenated alkanes) is 4. The van der Waals surface area contributed by atoms with Crippen molar-refractivity contribution in [3.63, 3.8) is 0 Å². The second-order valence-electron chi connectivity index (χ2n) is 15.0. The van der Waals surface area contributed by atoms with E-state index in [1.165, 1.54) is 93.0 Å². The van der Waals surface area contributed by atoms with Crippen LogP contribution in [0.5, 0.6) is 0 Å². The first kappa shape index (κ1) is 44.2. The van der Waals surface area contributed by atoms with Crippen LogP contribution in [0.2, 0.25) is 0 Å². The van der Waals surface area contributed by atoms with Gasteiger partial charge in [-0.3, -0.25) is 20.4 Å². The van der Waals surface area contributed by atoms with Crippen LogP contribution in [0, 0.1) is 5.92 Å². The number of hydroxylamine groups is 2. The van der Waals surface area contributed by atoms with E-state index in [1.807, 2.05) is 0 Å². The quantitative estimate of drug-likeness (QED) is 0.0751. The number of quaternary nitrogens is 1. The zero-order valence-electron chi connectivity index (χ0n) is 32.2. The van der Waals surface area contributed by atoms with Crippen molar-refractivity contribution in [3.05, 3.63) is 11.6 Å². The lowest BCUT2D eigenvalue weighted by molar-refractivity contribution is -0.929. The van der Waals surface area contributed by atoms with Gasteiger partial charge in [0, 0.05) is 13.1 Å². The van der Waals surface area contributed by atoms with Crippen molar-refractivity contribution in [3.8, 4) is 0 Å². The number of hydrogen-bond donors (Lipinski definition) is 2. The first-order chi connectivity index (χ1) is 23.9. The fourth-order valence-electron chi connectivity index (χ4n) is 6.75. The van der Waals surface area contributed by atoms with Crippen LogP contribution < -0.4 is 10.9 Å². The highest BCUT2D eigenvalue weighted by molar-refractivity contribution is 7.80. The second-order valence-corrected chi connectivity index (χ2v) is 16.0. The number of hydrogen-bond acceptors (Lipinski definition) is 9. The molecule has 0 aromatic rings. The third-order valence-electron chi connectivity index (χ3n) is 9.43. The average Bonchev–Trinajstić information content (AvgIpc) is 3.30. The van der Waals surface area contributed by atoms with Crippen LogP contribution in [0.3, 0.4) is 0 Å². The summed E-state index contributed by atoms with van der Waals surface area (Å²) in [4.78, 5) is 52.6. The van der Waals surface area contributed by atoms with Crippen molar-refractivity contribution in [1.82, 2.24) is 25.7 Å². The van der Waals surface area contributed by atoms with Crippen molar-refractivity contribution >= 4 is 34.3 Å². The molecule has 3 aliphatic rings. The fourth-order valence-corrected chi connectivity index (χ4v) is 7.13. The van der Waals surface area contributed by atoms with E-state index in [4.69, 9.17) is 4.74 Å². The third kappa shape index (κ3) is 14.2. The maximum Gasteiger partial charge on any atom is 0.410 e. The summed E-state index contributed by atoms with van der Waals surface area (Å²) in [6, 6.07) is -2.96. The third-order valence-corrected chi connectivity index (χ3v) is 9.78. The molecule has 0 unspecified atom stereocenters. The van der Waals surface area contributed by atoms with Gasteiger partial charge in [-0.05, 0) is 71.8 Å². The van der Waals surface area contributed by atoms with Crippen LogP contribution in [0.1, 0.15) is 120 Å². The van der Waals surface area contributed by atoms with Gasteiger partial charge in [-0.2, -0.15) is 9.35 Å². The minimum Gasteiger partial charge on any atom is -0.724 e. The summed E-state index contributed by atoms with van der Waals surface area (Å²) in [6.07, 6.45) is 13.1. The van der Waals surface area contributed by atoms with E-state index >= 15 is 0 Å². The monoisotopic (exact) mass is 744 g/mol. The van der Waals surface area contributed by atoms with Crippen molar-refractivity contribution in [2.45, 2.75) is 137 Å². The molecule has 5 amide bonds. The molecule has 0 aliphatic carbocycles. The molecule has 0 aromatic carbocycles. The molecule has 3 atom stereocenters. The van der Waals surface area contributed by atoms with Gasteiger partial charge in [0.1, 0.15) is 11.6 Å². The Kier molecular flexibility index (Phi) is 17.6. The van der Waals surface area contributed by atoms with Crippen LogP contribution in [0.25, 0.3) is 0 Å². The lowest BCUT2D eigenvalue weighted by Gasteiger charge is -2.39. The number of nitrogens with zero attached hydrogens (tertiary/aromatic N) is 4. The lowest BCUT2D eigenvalue weighted by atomic mass is 9.97. The number of piperidine rings is 1. The number of amides is 5. The molecule has 3 aliphatic heterocycles. The summed E-state index contributed by atoms with van der Waals surface area (Å²) in [5.74, 6) is -1.82. The van der Waals surface area contributed by atoms with Crippen LogP contribution >= 0.6 is 0 Å². The predicted molar refractivity (Wildman–Crippen MR) is 192 cm³/mol. The molecule has 51 heavy (non-hydrogen) atoms. The Balaban J connectivity index is 0.000000449. The largest absolute Gasteiger partial charge is 0.724 e. The van der Waals surface area contributed by atoms with Gasteiger partial charge in [-0.25, -0.2) is 18.0 Å². The smallest absolute Gasteiger partial charge is 0.410 e. The SMILES string of the molecule is CC1=C[C@@H]2CN(C(=O)N2OS(=O)(=O)[O-])[C@@H]1C(=O)NNC(=O)[C@@H]1CCCN(C(=O)OC(C)(C)C)C1.CCCC[N+](CCCC)(CCCC)CCCC. The Morgan fingerprint density at radius 1 is 0.902 bits per heavy atom. The number of ether oxygens (including phenoxy) is 1. The molecule has 2 N–H and O–H groups in total. The maximum atomic E-state index is 12.8. The van der Waals surface area contributed by atoms with Crippen LogP contribution in [-0.2, 0) is 29.0 Å². The van der Waals surface area contributed by atoms with Crippen molar-refractivity contribution in [2.75, 3.05) is 45.8 Å². The van der Waals surface area contributed by atoms with Gasteiger partial charge in [-0.15, -0.1) is 0 Å². The van der Waals surface area contributed by atoms with E-state index in [0.717, 1.165) is 4.90 Å². The zero-order chi connectivity index (χ0) is 38.4. The number of hydrazine groups is 1. The molecule has 0 spiro atoms. The van der Waals surface area contributed by atoms with Gasteiger partial charge in [0.05, 0.1) is 44.7 Å². The van der Waals surface area contributed by atoms with Crippen molar-refractivity contribution in [2.24, 2.45) is 5.92 Å². The van der Waals surface area contributed by atoms with Gasteiger partial charge in [0.2, 0.25) is 16.3 Å². The lowest BCUT2D eigenvalue weighted by Crippen LogP contribution is -2.56. The van der Waals surface area contributed by atoms with E-state index in [9.17, 15) is 32.1 Å². The van der Waals surface area contributed by atoms with E-state index in [1.54, 1.807) is 27.7 Å². The van der Waals surface area contributed by atoms with Crippen LogP contribution in [0.4, 0.5) is 9.59 Å². The number of carbonyl (C=O) groups is 4. The fraction of sp³-hybridized carbons (Fsp3) is 0.829. The Morgan fingerprint density at radius 3 is 1.88 bits per heavy atom. The summed E-state index contributed by atoms with van der Waals surface area (Å²) in [6.45, 7) is 22.3. The summed E-state index contributed by atoms with van der Waals surface area (Å²) < 4.78 is 43.7. The highest BCUT2D eigenvalue weighted by atomic mass is 32.3. The molecular formula is C35H64N6O9S. The van der Waals surface area contributed by atoms with Gasteiger partial charge in [0.15, 0.2) is 0 Å². The van der Waals surface area contributed by atoms with Crippen molar-refractivity contribution in [1.29, 1.82) is 0 Å². The molecule has 3 rings (SSSR count). The van der Waals surface area contributed by atoms with Crippen LogP contribution in [-0.4, -0.2) is 120 Å². The molecule has 16 heteroatoms. The number of nitrogens with one attached hydrogen (secondary N) is 2. The van der Waals surface area contributed by atoms with Crippen LogP contribution in [0.15, 0.2) is 11.6 Å². The highest BCUT2D eigenvalue weighted by Crippen LogP contribution is 2.30. The minimum absolute atomic E-state index is 0.0782. The number of rotatable bonds is 16.